The van der Waals surface area contributed by atoms with E-state index in [-0.39, 0.29) is 16.9 Å². The van der Waals surface area contributed by atoms with Gasteiger partial charge in [-0.3, -0.25) is 9.59 Å². The lowest BCUT2D eigenvalue weighted by molar-refractivity contribution is -0.122. The summed E-state index contributed by atoms with van der Waals surface area (Å²) in [4.78, 5) is 26.4. The standard InChI is InChI=1S/C26H20Cl3NO5/c1-13-10-22-17(12-19(13)28)23(31)25(24(35-22)16-6-4-5-7-18(16)27)34-14(2)26(32)30-15-8-9-21(33-3)20(29)11-15/h4-12,14H,1-3H3,(H,30,32). The van der Waals surface area contributed by atoms with Crippen molar-refractivity contribution < 1.29 is 18.7 Å². The molecule has 180 valence electrons. The Morgan fingerprint density at radius 1 is 1.00 bits per heavy atom. The van der Waals surface area contributed by atoms with E-state index in [1.54, 1.807) is 55.5 Å². The number of amides is 1. The van der Waals surface area contributed by atoms with Crippen LogP contribution in [0, 0.1) is 6.92 Å². The van der Waals surface area contributed by atoms with Crippen LogP contribution in [0.4, 0.5) is 5.69 Å². The fourth-order valence-electron chi connectivity index (χ4n) is 3.45. The Labute approximate surface area is 216 Å². The van der Waals surface area contributed by atoms with Crippen molar-refractivity contribution in [3.05, 3.63) is 85.5 Å². The molecule has 0 saturated heterocycles. The van der Waals surface area contributed by atoms with Gasteiger partial charge >= 0.3 is 0 Å². The van der Waals surface area contributed by atoms with Crippen LogP contribution < -0.4 is 20.2 Å². The number of carbonyl (C=O) groups excluding carboxylic acids is 1. The molecule has 0 saturated carbocycles. The molecule has 1 atom stereocenters. The number of halogens is 3. The van der Waals surface area contributed by atoms with Crippen LogP contribution in [0.25, 0.3) is 22.3 Å². The Morgan fingerprint density at radius 3 is 2.43 bits per heavy atom. The van der Waals surface area contributed by atoms with Crippen LogP contribution in [0.1, 0.15) is 12.5 Å². The highest BCUT2D eigenvalue weighted by atomic mass is 35.5. The molecule has 1 aromatic heterocycles. The van der Waals surface area contributed by atoms with Gasteiger partial charge in [0, 0.05) is 16.3 Å². The maximum atomic E-state index is 13.5. The Bertz CT molecular complexity index is 1500. The number of benzene rings is 3. The first-order valence-electron chi connectivity index (χ1n) is 10.5. The molecule has 0 radical (unpaired) electrons. The van der Waals surface area contributed by atoms with Gasteiger partial charge in [-0.1, -0.05) is 46.9 Å². The number of methoxy groups -OCH3 is 1. The van der Waals surface area contributed by atoms with Gasteiger partial charge in [-0.15, -0.1) is 0 Å². The number of rotatable bonds is 6. The van der Waals surface area contributed by atoms with Gasteiger partial charge in [0.25, 0.3) is 5.91 Å². The highest BCUT2D eigenvalue weighted by Gasteiger charge is 2.25. The minimum Gasteiger partial charge on any atom is -0.495 e. The van der Waals surface area contributed by atoms with Gasteiger partial charge in [0.05, 0.1) is 22.5 Å². The normalized spacial score (nSPS) is 11.8. The lowest BCUT2D eigenvalue weighted by atomic mass is 10.1. The smallest absolute Gasteiger partial charge is 0.265 e. The Kier molecular flexibility index (Phi) is 7.26. The van der Waals surface area contributed by atoms with Crippen LogP contribution >= 0.6 is 34.8 Å². The van der Waals surface area contributed by atoms with Gasteiger partial charge in [-0.05, 0) is 61.9 Å². The molecule has 4 rings (SSSR count). The molecule has 1 amide bonds. The number of aryl methyl sites for hydroxylation is 1. The topological polar surface area (TPSA) is 77.8 Å². The van der Waals surface area contributed by atoms with Crippen LogP contribution in [-0.2, 0) is 4.79 Å². The van der Waals surface area contributed by atoms with Crippen LogP contribution in [0.3, 0.4) is 0 Å². The van der Waals surface area contributed by atoms with Crippen molar-refractivity contribution in [2.45, 2.75) is 20.0 Å². The van der Waals surface area contributed by atoms with Gasteiger partial charge in [-0.25, -0.2) is 0 Å². The molecule has 1 unspecified atom stereocenters. The number of ether oxygens (including phenoxy) is 2. The van der Waals surface area contributed by atoms with Crippen LogP contribution in [0.15, 0.2) is 63.8 Å². The maximum Gasteiger partial charge on any atom is 0.265 e. The number of hydrogen-bond acceptors (Lipinski definition) is 5. The van der Waals surface area contributed by atoms with E-state index in [0.717, 1.165) is 5.56 Å². The Balaban J connectivity index is 1.75. The predicted molar refractivity (Wildman–Crippen MR) is 139 cm³/mol. The molecule has 6 nitrogen and oxygen atoms in total. The summed E-state index contributed by atoms with van der Waals surface area (Å²) in [5.74, 6) is -0.0679. The van der Waals surface area contributed by atoms with E-state index in [4.69, 9.17) is 48.7 Å². The van der Waals surface area contributed by atoms with Gasteiger partial charge < -0.3 is 19.2 Å². The largest absolute Gasteiger partial charge is 0.495 e. The van der Waals surface area contributed by atoms with E-state index >= 15 is 0 Å². The van der Waals surface area contributed by atoms with E-state index < -0.39 is 17.4 Å². The zero-order valence-corrected chi connectivity index (χ0v) is 21.2. The van der Waals surface area contributed by atoms with Crippen molar-refractivity contribution in [2.75, 3.05) is 12.4 Å². The second-order valence-electron chi connectivity index (χ2n) is 7.77. The molecule has 0 spiro atoms. The highest BCUT2D eigenvalue weighted by Crippen LogP contribution is 2.37. The van der Waals surface area contributed by atoms with Crippen LogP contribution in [0.5, 0.6) is 11.5 Å². The molecule has 0 fully saturated rings. The Hall–Kier alpha value is -3.19. The number of carbonyl (C=O) groups is 1. The molecule has 3 aromatic carbocycles. The molecule has 1 heterocycles. The molecule has 9 heteroatoms. The first kappa shape index (κ1) is 24.9. The maximum absolute atomic E-state index is 13.5. The first-order valence-corrected chi connectivity index (χ1v) is 11.7. The summed E-state index contributed by atoms with van der Waals surface area (Å²) in [7, 11) is 1.50. The molecular formula is C26H20Cl3NO5. The van der Waals surface area contributed by atoms with Crippen molar-refractivity contribution in [2.24, 2.45) is 0 Å². The van der Waals surface area contributed by atoms with Gasteiger partial charge in [0.1, 0.15) is 11.3 Å². The average molecular weight is 533 g/mol. The lowest BCUT2D eigenvalue weighted by Gasteiger charge is -2.18. The van der Waals surface area contributed by atoms with Crippen LogP contribution in [0.2, 0.25) is 15.1 Å². The van der Waals surface area contributed by atoms with Crippen molar-refractivity contribution in [3.63, 3.8) is 0 Å². The zero-order chi connectivity index (χ0) is 25.3. The van der Waals surface area contributed by atoms with Gasteiger partial charge in [-0.2, -0.15) is 0 Å². The third kappa shape index (κ3) is 5.10. The van der Waals surface area contributed by atoms with E-state index in [9.17, 15) is 9.59 Å². The quantitative estimate of drug-likeness (QED) is 0.285. The third-order valence-electron chi connectivity index (χ3n) is 5.33. The SMILES string of the molecule is COc1ccc(NC(=O)C(C)Oc2c(-c3ccccc3Cl)oc3cc(C)c(Cl)cc3c2=O)cc1Cl. The second-order valence-corrected chi connectivity index (χ2v) is 8.99. The van der Waals surface area contributed by atoms with Crippen molar-refractivity contribution in [1.29, 1.82) is 0 Å². The molecule has 4 aromatic rings. The summed E-state index contributed by atoms with van der Waals surface area (Å²) in [5.41, 5.74) is 1.48. The highest BCUT2D eigenvalue weighted by molar-refractivity contribution is 6.33. The third-order valence-corrected chi connectivity index (χ3v) is 6.36. The lowest BCUT2D eigenvalue weighted by Crippen LogP contribution is -2.31. The van der Waals surface area contributed by atoms with Gasteiger partial charge in [0.15, 0.2) is 11.9 Å². The average Bonchev–Trinajstić information content (AvgIpc) is 2.82. The predicted octanol–water partition coefficient (Wildman–Crippen LogP) is 7.14. The molecule has 0 aliphatic rings. The molecule has 1 N–H and O–H groups in total. The summed E-state index contributed by atoms with van der Waals surface area (Å²) in [6, 6.07) is 14.9. The van der Waals surface area contributed by atoms with Crippen LogP contribution in [-0.4, -0.2) is 19.1 Å². The fraction of sp³-hybridized carbons (Fsp3) is 0.154. The molecule has 0 bridgehead atoms. The summed E-state index contributed by atoms with van der Waals surface area (Å²) in [6.45, 7) is 3.32. The monoisotopic (exact) mass is 531 g/mol. The van der Waals surface area contributed by atoms with Crippen molar-refractivity contribution in [1.82, 2.24) is 0 Å². The minimum absolute atomic E-state index is 0.113. The van der Waals surface area contributed by atoms with Crippen molar-refractivity contribution >= 4 is 57.4 Å². The molecule has 0 aliphatic heterocycles. The molecule has 35 heavy (non-hydrogen) atoms. The summed E-state index contributed by atoms with van der Waals surface area (Å²) >= 11 is 18.8. The minimum atomic E-state index is -1.07. The second kappa shape index (κ2) is 10.2. The Morgan fingerprint density at radius 2 is 1.74 bits per heavy atom. The molecular weight excluding hydrogens is 513 g/mol. The number of hydrogen-bond donors (Lipinski definition) is 1. The number of anilines is 1. The number of nitrogens with one attached hydrogen (secondary N) is 1. The number of fused-ring (bicyclic) bond motifs is 1. The summed E-state index contributed by atoms with van der Waals surface area (Å²) < 4.78 is 17.1. The van der Waals surface area contributed by atoms with E-state index in [1.165, 1.54) is 20.1 Å². The van der Waals surface area contributed by atoms with E-state index in [0.29, 0.717) is 37.7 Å². The fourth-order valence-corrected chi connectivity index (χ4v) is 4.09. The zero-order valence-electron chi connectivity index (χ0n) is 18.9. The first-order chi connectivity index (χ1) is 16.7. The summed E-state index contributed by atoms with van der Waals surface area (Å²) in [6.07, 6.45) is -1.07. The molecule has 0 aliphatic carbocycles. The van der Waals surface area contributed by atoms with E-state index in [1.807, 2.05) is 0 Å². The van der Waals surface area contributed by atoms with E-state index in [2.05, 4.69) is 5.32 Å². The van der Waals surface area contributed by atoms with Crippen molar-refractivity contribution in [3.8, 4) is 22.8 Å². The van der Waals surface area contributed by atoms with Gasteiger partial charge in [0.2, 0.25) is 11.2 Å². The summed E-state index contributed by atoms with van der Waals surface area (Å²) in [5, 5.41) is 4.04.